The first-order chi connectivity index (χ1) is 9.90. The summed E-state index contributed by atoms with van der Waals surface area (Å²) in [5, 5.41) is 17.8. The zero-order valence-corrected chi connectivity index (χ0v) is 12.8. The second kappa shape index (κ2) is 6.64. The van der Waals surface area contributed by atoms with Crippen molar-refractivity contribution in [3.63, 3.8) is 0 Å². The maximum absolute atomic E-state index is 11.4. The first-order valence-electron chi connectivity index (χ1n) is 7.18. The Morgan fingerprint density at radius 3 is 2.48 bits per heavy atom. The molecule has 7 heteroatoms. The SMILES string of the molecule is Nc1cc(NCC2CCCCC2CO)cc(S(N)(=O)=O)c1. The highest BCUT2D eigenvalue weighted by molar-refractivity contribution is 7.89. The molecule has 1 aliphatic carbocycles. The summed E-state index contributed by atoms with van der Waals surface area (Å²) in [6, 6.07) is 4.52. The Morgan fingerprint density at radius 2 is 1.86 bits per heavy atom. The second-order valence-corrected chi connectivity index (χ2v) is 7.27. The minimum Gasteiger partial charge on any atom is -0.399 e. The summed E-state index contributed by atoms with van der Waals surface area (Å²) in [5.41, 5.74) is 6.71. The Hall–Kier alpha value is -1.31. The van der Waals surface area contributed by atoms with Crippen molar-refractivity contribution in [3.05, 3.63) is 18.2 Å². The molecule has 118 valence electrons. The molecule has 0 bridgehead atoms. The topological polar surface area (TPSA) is 118 Å². The van der Waals surface area contributed by atoms with Crippen molar-refractivity contribution in [2.75, 3.05) is 24.2 Å². The third-order valence-corrected chi connectivity index (χ3v) is 5.02. The van der Waals surface area contributed by atoms with Crippen LogP contribution < -0.4 is 16.2 Å². The highest BCUT2D eigenvalue weighted by Crippen LogP contribution is 2.30. The van der Waals surface area contributed by atoms with Crippen molar-refractivity contribution >= 4 is 21.4 Å². The molecule has 1 fully saturated rings. The van der Waals surface area contributed by atoms with Gasteiger partial charge in [-0.25, -0.2) is 13.6 Å². The van der Waals surface area contributed by atoms with E-state index in [1.807, 2.05) is 0 Å². The van der Waals surface area contributed by atoms with Crippen LogP contribution in [-0.4, -0.2) is 26.7 Å². The molecule has 2 atom stereocenters. The monoisotopic (exact) mass is 313 g/mol. The lowest BCUT2D eigenvalue weighted by molar-refractivity contribution is 0.141. The number of anilines is 2. The number of primary sulfonamides is 1. The molecule has 1 aromatic rings. The van der Waals surface area contributed by atoms with Crippen LogP contribution in [0, 0.1) is 11.8 Å². The molecule has 21 heavy (non-hydrogen) atoms. The molecule has 0 aliphatic heterocycles. The minimum absolute atomic E-state index is 0.00681. The first-order valence-corrected chi connectivity index (χ1v) is 8.73. The lowest BCUT2D eigenvalue weighted by Crippen LogP contribution is -2.28. The summed E-state index contributed by atoms with van der Waals surface area (Å²) in [5.74, 6) is 0.702. The molecule has 0 saturated heterocycles. The van der Waals surface area contributed by atoms with Gasteiger partial charge in [0.1, 0.15) is 0 Å². The standard InChI is InChI=1S/C14H23N3O3S/c15-12-5-13(7-14(6-12)21(16,19)20)17-8-10-3-1-2-4-11(10)9-18/h5-7,10-11,17-18H,1-4,8-9,15H2,(H2,16,19,20). The van der Waals surface area contributed by atoms with Crippen LogP contribution in [0.2, 0.25) is 0 Å². The number of hydrogen-bond donors (Lipinski definition) is 4. The third-order valence-electron chi connectivity index (χ3n) is 4.13. The highest BCUT2D eigenvalue weighted by atomic mass is 32.2. The number of sulfonamides is 1. The Bertz CT molecular complexity index is 589. The number of aliphatic hydroxyl groups is 1. The zero-order valence-electron chi connectivity index (χ0n) is 12.0. The predicted octanol–water partition coefficient (Wildman–Crippen LogP) is 1.13. The van der Waals surface area contributed by atoms with E-state index in [9.17, 15) is 13.5 Å². The maximum Gasteiger partial charge on any atom is 0.238 e. The Morgan fingerprint density at radius 1 is 1.19 bits per heavy atom. The fourth-order valence-corrected chi connectivity index (χ4v) is 3.52. The van der Waals surface area contributed by atoms with Crippen LogP contribution in [0.5, 0.6) is 0 Å². The number of nitrogen functional groups attached to an aromatic ring is 1. The highest BCUT2D eigenvalue weighted by Gasteiger charge is 2.24. The van der Waals surface area contributed by atoms with E-state index in [0.29, 0.717) is 29.8 Å². The first kappa shape index (κ1) is 16.1. The van der Waals surface area contributed by atoms with Crippen LogP contribution in [0.1, 0.15) is 25.7 Å². The molecular weight excluding hydrogens is 290 g/mol. The molecule has 0 heterocycles. The molecule has 0 radical (unpaired) electrons. The van der Waals surface area contributed by atoms with E-state index in [2.05, 4.69) is 5.32 Å². The van der Waals surface area contributed by atoms with Crippen molar-refractivity contribution in [3.8, 4) is 0 Å². The summed E-state index contributed by atoms with van der Waals surface area (Å²) in [4.78, 5) is 0.00681. The fraction of sp³-hybridized carbons (Fsp3) is 0.571. The van der Waals surface area contributed by atoms with Gasteiger partial charge in [-0.05, 0) is 42.9 Å². The smallest absolute Gasteiger partial charge is 0.238 e. The molecule has 0 amide bonds. The summed E-state index contributed by atoms with van der Waals surface area (Å²) in [6.07, 6.45) is 4.45. The van der Waals surface area contributed by atoms with Gasteiger partial charge < -0.3 is 16.2 Å². The van der Waals surface area contributed by atoms with Gasteiger partial charge in [0.05, 0.1) is 4.90 Å². The molecule has 1 saturated carbocycles. The van der Waals surface area contributed by atoms with E-state index in [0.717, 1.165) is 19.3 Å². The number of nitrogens with one attached hydrogen (secondary N) is 1. The molecule has 2 rings (SSSR count). The van der Waals surface area contributed by atoms with E-state index in [4.69, 9.17) is 10.9 Å². The molecular formula is C14H23N3O3S. The summed E-state index contributed by atoms with van der Waals surface area (Å²) >= 11 is 0. The van der Waals surface area contributed by atoms with Gasteiger partial charge in [-0.1, -0.05) is 12.8 Å². The largest absolute Gasteiger partial charge is 0.399 e. The van der Waals surface area contributed by atoms with E-state index < -0.39 is 10.0 Å². The normalized spacial score (nSPS) is 23.0. The molecule has 2 unspecified atom stereocenters. The van der Waals surface area contributed by atoms with Crippen molar-refractivity contribution < 1.29 is 13.5 Å². The lowest BCUT2D eigenvalue weighted by Gasteiger charge is -2.30. The van der Waals surface area contributed by atoms with Gasteiger partial charge in [-0.3, -0.25) is 0 Å². The molecule has 0 aromatic heterocycles. The van der Waals surface area contributed by atoms with Crippen LogP contribution in [0.15, 0.2) is 23.1 Å². The van der Waals surface area contributed by atoms with Gasteiger partial charge in [0.2, 0.25) is 10.0 Å². The molecule has 6 N–H and O–H groups in total. The zero-order chi connectivity index (χ0) is 15.5. The van der Waals surface area contributed by atoms with Gasteiger partial charge in [0.25, 0.3) is 0 Å². The summed E-state index contributed by atoms with van der Waals surface area (Å²) < 4.78 is 22.8. The van der Waals surface area contributed by atoms with Gasteiger partial charge in [0, 0.05) is 24.5 Å². The van der Waals surface area contributed by atoms with E-state index in [1.165, 1.54) is 18.6 Å². The Labute approximate surface area is 125 Å². The van der Waals surface area contributed by atoms with Gasteiger partial charge >= 0.3 is 0 Å². The number of benzene rings is 1. The number of hydrogen-bond acceptors (Lipinski definition) is 5. The van der Waals surface area contributed by atoms with Gasteiger partial charge in [-0.2, -0.15) is 0 Å². The average molecular weight is 313 g/mol. The average Bonchev–Trinajstić information content (AvgIpc) is 2.44. The van der Waals surface area contributed by atoms with Crippen LogP contribution in [0.3, 0.4) is 0 Å². The van der Waals surface area contributed by atoms with Crippen LogP contribution in [0.25, 0.3) is 0 Å². The molecule has 6 nitrogen and oxygen atoms in total. The van der Waals surface area contributed by atoms with Crippen molar-refractivity contribution in [1.29, 1.82) is 0 Å². The Kier molecular flexibility index (Phi) is 5.08. The summed E-state index contributed by atoms with van der Waals surface area (Å²) in [6.45, 7) is 0.893. The number of rotatable bonds is 5. The number of nitrogens with two attached hydrogens (primary N) is 2. The van der Waals surface area contributed by atoms with Gasteiger partial charge in [-0.15, -0.1) is 0 Å². The number of aliphatic hydroxyl groups excluding tert-OH is 1. The van der Waals surface area contributed by atoms with E-state index >= 15 is 0 Å². The van der Waals surface area contributed by atoms with Crippen molar-refractivity contribution in [2.45, 2.75) is 30.6 Å². The molecule has 1 aliphatic rings. The molecule has 0 spiro atoms. The molecule has 1 aromatic carbocycles. The Balaban J connectivity index is 2.07. The van der Waals surface area contributed by atoms with E-state index in [1.54, 1.807) is 6.07 Å². The van der Waals surface area contributed by atoms with Crippen LogP contribution in [-0.2, 0) is 10.0 Å². The second-order valence-electron chi connectivity index (χ2n) is 5.70. The predicted molar refractivity (Wildman–Crippen MR) is 83.3 cm³/mol. The van der Waals surface area contributed by atoms with Crippen LogP contribution in [0.4, 0.5) is 11.4 Å². The van der Waals surface area contributed by atoms with Crippen molar-refractivity contribution in [2.24, 2.45) is 17.0 Å². The van der Waals surface area contributed by atoms with Crippen molar-refractivity contribution in [1.82, 2.24) is 0 Å². The maximum atomic E-state index is 11.4. The summed E-state index contributed by atoms with van der Waals surface area (Å²) in [7, 11) is -3.77. The minimum atomic E-state index is -3.77. The quantitative estimate of drug-likeness (QED) is 0.608. The van der Waals surface area contributed by atoms with E-state index in [-0.39, 0.29) is 11.5 Å². The van der Waals surface area contributed by atoms with Gasteiger partial charge in [0.15, 0.2) is 0 Å². The third kappa shape index (κ3) is 4.33. The lowest BCUT2D eigenvalue weighted by atomic mass is 9.79. The fourth-order valence-electron chi connectivity index (χ4n) is 2.93. The van der Waals surface area contributed by atoms with Crippen LogP contribution >= 0.6 is 0 Å².